The molecule has 0 bridgehead atoms. The Bertz CT molecular complexity index is 517. The molecule has 1 saturated heterocycles. The summed E-state index contributed by atoms with van der Waals surface area (Å²) >= 11 is 6.60. The first-order valence-electron chi connectivity index (χ1n) is 8.00. The monoisotopic (exact) mass is 341 g/mol. The van der Waals surface area contributed by atoms with Crippen LogP contribution in [0.4, 0.5) is 0 Å². The zero-order chi connectivity index (χ0) is 16.3. The topological polar surface area (TPSA) is 40.5 Å². The summed E-state index contributed by atoms with van der Waals surface area (Å²) in [6.45, 7) is 9.25. The second-order valence-corrected chi connectivity index (χ2v) is 8.87. The van der Waals surface area contributed by atoms with Crippen molar-refractivity contribution in [1.29, 1.82) is 0 Å². The summed E-state index contributed by atoms with van der Waals surface area (Å²) < 4.78 is 2.17. The van der Waals surface area contributed by atoms with Crippen LogP contribution in [-0.4, -0.2) is 29.0 Å². The second kappa shape index (κ2) is 7.37. The minimum absolute atomic E-state index is 0.250. The van der Waals surface area contributed by atoms with Crippen LogP contribution in [0.25, 0.3) is 0 Å². The highest BCUT2D eigenvalue weighted by Crippen LogP contribution is 2.45. The van der Waals surface area contributed by atoms with Crippen LogP contribution in [0, 0.1) is 12.3 Å². The molecule has 3 rings (SSSR count). The van der Waals surface area contributed by atoms with E-state index in [2.05, 4.69) is 49.2 Å². The second-order valence-electron chi connectivity index (χ2n) is 7.17. The van der Waals surface area contributed by atoms with Crippen molar-refractivity contribution in [3.8, 4) is 0 Å². The number of carbonyl (C=O) groups is 1. The van der Waals surface area contributed by atoms with Gasteiger partial charge in [-0.2, -0.15) is 0 Å². The lowest BCUT2D eigenvalue weighted by atomic mass is 9.75. The van der Waals surface area contributed by atoms with E-state index in [0.29, 0.717) is 5.41 Å². The largest absolute Gasteiger partial charge is 0.483 e. The van der Waals surface area contributed by atoms with Crippen LogP contribution in [0.3, 0.4) is 0 Å². The van der Waals surface area contributed by atoms with Crippen molar-refractivity contribution in [2.45, 2.75) is 58.8 Å². The Balaban J connectivity index is 0.000000545. The highest BCUT2D eigenvalue weighted by molar-refractivity contribution is 7.77. The zero-order valence-corrected chi connectivity index (χ0v) is 15.5. The van der Waals surface area contributed by atoms with Crippen LogP contribution in [0.2, 0.25) is 0 Å². The van der Waals surface area contributed by atoms with E-state index in [1.807, 2.05) is 0 Å². The fourth-order valence-corrected chi connectivity index (χ4v) is 5.33. The van der Waals surface area contributed by atoms with Gasteiger partial charge in [0, 0.05) is 22.8 Å². The molecule has 2 aliphatic rings. The van der Waals surface area contributed by atoms with Gasteiger partial charge in [-0.3, -0.25) is 9.10 Å². The fourth-order valence-electron chi connectivity index (χ4n) is 3.60. The van der Waals surface area contributed by atoms with Crippen molar-refractivity contribution in [3.63, 3.8) is 0 Å². The number of piperidine rings is 1. The molecule has 1 aliphatic carbocycles. The maximum absolute atomic E-state index is 8.36. The van der Waals surface area contributed by atoms with E-state index in [0.717, 1.165) is 19.0 Å². The molecular formula is C17H27NO2S2. The smallest absolute Gasteiger partial charge is 0.290 e. The Morgan fingerprint density at radius 2 is 1.95 bits per heavy atom. The van der Waals surface area contributed by atoms with Gasteiger partial charge in [0.2, 0.25) is 0 Å². The van der Waals surface area contributed by atoms with Crippen LogP contribution < -0.4 is 0 Å². The molecule has 1 aromatic rings. The van der Waals surface area contributed by atoms with Crippen molar-refractivity contribution >= 4 is 30.6 Å². The molecule has 0 amide bonds. The number of carboxylic acid groups (broad SMARTS) is 1. The van der Waals surface area contributed by atoms with Crippen LogP contribution in [0.5, 0.6) is 0 Å². The molecule has 1 fully saturated rings. The summed E-state index contributed by atoms with van der Waals surface area (Å²) in [4.78, 5) is 11.8. The Morgan fingerprint density at radius 3 is 2.55 bits per heavy atom. The van der Waals surface area contributed by atoms with Gasteiger partial charge in [-0.25, -0.2) is 0 Å². The van der Waals surface area contributed by atoms with E-state index < -0.39 is 0 Å². The van der Waals surface area contributed by atoms with Crippen molar-refractivity contribution in [3.05, 3.63) is 20.9 Å². The number of hydrogen-bond acceptors (Lipinski definition) is 4. The Hall–Kier alpha value is -0.520. The average molecular weight is 342 g/mol. The van der Waals surface area contributed by atoms with Gasteiger partial charge in [-0.1, -0.05) is 26.7 Å². The van der Waals surface area contributed by atoms with Crippen molar-refractivity contribution in [2.24, 2.45) is 5.41 Å². The van der Waals surface area contributed by atoms with Gasteiger partial charge in [0.25, 0.3) is 6.47 Å². The summed E-state index contributed by atoms with van der Waals surface area (Å²) in [6.07, 6.45) is 6.52. The van der Waals surface area contributed by atoms with Gasteiger partial charge in [-0.05, 0) is 61.5 Å². The average Bonchev–Trinajstić information content (AvgIpc) is 2.77. The number of aryl methyl sites for hydroxylation is 1. The number of hydrogen-bond donors (Lipinski definition) is 2. The van der Waals surface area contributed by atoms with E-state index in [4.69, 9.17) is 9.90 Å². The quantitative estimate of drug-likeness (QED) is 0.591. The summed E-state index contributed by atoms with van der Waals surface area (Å²) in [5.41, 5.74) is 3.83. The molecule has 1 N–H and O–H groups in total. The molecular weight excluding hydrogens is 314 g/mol. The summed E-state index contributed by atoms with van der Waals surface area (Å²) in [7, 11) is 0. The molecule has 22 heavy (non-hydrogen) atoms. The lowest BCUT2D eigenvalue weighted by molar-refractivity contribution is -0.122. The predicted octanol–water partition coefficient (Wildman–Crippen LogP) is 4.30. The van der Waals surface area contributed by atoms with Crippen molar-refractivity contribution < 1.29 is 9.90 Å². The summed E-state index contributed by atoms with van der Waals surface area (Å²) in [5, 5.41) is 6.89. The Labute approximate surface area is 143 Å². The minimum atomic E-state index is -0.250. The zero-order valence-electron chi connectivity index (χ0n) is 13.8. The van der Waals surface area contributed by atoms with Crippen LogP contribution in [0.1, 0.15) is 59.9 Å². The van der Waals surface area contributed by atoms with E-state index in [9.17, 15) is 0 Å². The fraction of sp³-hybridized carbons (Fsp3) is 0.706. The van der Waals surface area contributed by atoms with Crippen LogP contribution >= 0.6 is 24.2 Å². The van der Waals surface area contributed by atoms with Crippen LogP contribution in [-0.2, 0) is 17.6 Å². The minimum Gasteiger partial charge on any atom is -0.483 e. The standard InChI is InChI=1S/C16H25NS2.CH2O2/c1-11-13-10-16(2,3)7-4-14(13)19-15(11)12-5-8-17(18)9-6-12;2-1-3/h12,18H,4-10H2,1-3H3;1H,(H,2,3). The highest BCUT2D eigenvalue weighted by Gasteiger charge is 2.31. The lowest BCUT2D eigenvalue weighted by Crippen LogP contribution is -2.25. The van der Waals surface area contributed by atoms with E-state index in [1.165, 1.54) is 32.1 Å². The predicted molar refractivity (Wildman–Crippen MR) is 96.1 cm³/mol. The molecule has 2 heterocycles. The maximum Gasteiger partial charge on any atom is 0.290 e. The number of rotatable bonds is 1. The van der Waals surface area contributed by atoms with E-state index in [-0.39, 0.29) is 6.47 Å². The molecule has 0 spiro atoms. The third kappa shape index (κ3) is 4.06. The molecule has 5 heteroatoms. The molecule has 0 aromatic carbocycles. The molecule has 0 atom stereocenters. The number of nitrogens with zero attached hydrogens (tertiary/aromatic N) is 1. The third-order valence-corrected chi connectivity index (χ3v) is 6.87. The van der Waals surface area contributed by atoms with E-state index >= 15 is 0 Å². The number of thiol groups is 1. The first kappa shape index (κ1) is 17.8. The first-order chi connectivity index (χ1) is 10.4. The first-order valence-corrected chi connectivity index (χ1v) is 9.22. The van der Waals surface area contributed by atoms with Gasteiger partial charge in [0.05, 0.1) is 0 Å². The third-order valence-electron chi connectivity index (χ3n) is 4.92. The molecule has 124 valence electrons. The molecule has 3 nitrogen and oxygen atoms in total. The Morgan fingerprint density at radius 1 is 1.36 bits per heavy atom. The van der Waals surface area contributed by atoms with Crippen molar-refractivity contribution in [1.82, 2.24) is 4.31 Å². The Kier molecular flexibility index (Phi) is 5.97. The molecule has 1 aliphatic heterocycles. The lowest BCUT2D eigenvalue weighted by Gasteiger charge is -2.30. The van der Waals surface area contributed by atoms with Gasteiger partial charge in [0.15, 0.2) is 0 Å². The van der Waals surface area contributed by atoms with Gasteiger partial charge >= 0.3 is 0 Å². The summed E-state index contributed by atoms with van der Waals surface area (Å²) in [5.74, 6) is 0.794. The molecule has 0 radical (unpaired) electrons. The summed E-state index contributed by atoms with van der Waals surface area (Å²) in [6, 6.07) is 0. The highest BCUT2D eigenvalue weighted by atomic mass is 32.1. The maximum atomic E-state index is 8.36. The van der Waals surface area contributed by atoms with Crippen LogP contribution in [0.15, 0.2) is 0 Å². The number of fused-ring (bicyclic) bond motifs is 1. The molecule has 0 unspecified atom stereocenters. The molecule has 0 saturated carbocycles. The van der Waals surface area contributed by atoms with Crippen molar-refractivity contribution in [2.75, 3.05) is 13.1 Å². The van der Waals surface area contributed by atoms with Gasteiger partial charge < -0.3 is 5.11 Å². The molecule has 1 aromatic heterocycles. The SMILES string of the molecule is Cc1c(C2CCN(S)CC2)sc2c1CC(C)(C)CC2.O=CO. The van der Waals surface area contributed by atoms with E-state index in [1.54, 1.807) is 20.9 Å². The van der Waals surface area contributed by atoms with Gasteiger partial charge in [0.1, 0.15) is 0 Å². The normalized spacial score (nSPS) is 21.6. The number of thiophene rings is 1. The van der Waals surface area contributed by atoms with Gasteiger partial charge in [-0.15, -0.1) is 11.3 Å².